The fraction of sp³-hybridized carbons (Fsp3) is 0.300. The van der Waals surface area contributed by atoms with Crippen LogP contribution in [0.4, 0.5) is 0 Å². The lowest BCUT2D eigenvalue weighted by Crippen LogP contribution is -2.44. The lowest BCUT2D eigenvalue weighted by atomic mass is 10.2. The average Bonchev–Trinajstić information content (AvgIpc) is 3.25. The van der Waals surface area contributed by atoms with E-state index in [1.807, 2.05) is 6.92 Å². The Kier molecular flexibility index (Phi) is 5.73. The molecule has 0 saturated carbocycles. The van der Waals surface area contributed by atoms with E-state index in [1.165, 1.54) is 0 Å². The summed E-state index contributed by atoms with van der Waals surface area (Å²) < 4.78 is 16.7. The van der Waals surface area contributed by atoms with Crippen molar-refractivity contribution in [3.05, 3.63) is 59.2 Å². The smallest absolute Gasteiger partial charge is 0.260 e. The van der Waals surface area contributed by atoms with E-state index in [0.29, 0.717) is 42.2 Å². The molecule has 1 aliphatic rings. The minimum atomic E-state index is -0.478. The van der Waals surface area contributed by atoms with E-state index >= 15 is 0 Å². The molecule has 1 amide bonds. The molecule has 1 fully saturated rings. The summed E-state index contributed by atoms with van der Waals surface area (Å²) in [5, 5.41) is 4.65. The number of hydrogen-bond donors (Lipinski definition) is 0. The maximum absolute atomic E-state index is 12.6. The predicted octanol–water partition coefficient (Wildman–Crippen LogP) is 3.07. The molecule has 0 aliphatic carbocycles. The molecule has 9 heteroatoms. The Hall–Kier alpha value is -2.97. The summed E-state index contributed by atoms with van der Waals surface area (Å²) >= 11 is 6.01. The lowest BCUT2D eigenvalue weighted by Gasteiger charge is -2.31. The van der Waals surface area contributed by atoms with Crippen LogP contribution in [0.15, 0.2) is 47.2 Å². The standard InChI is InChI=1S/C20H19ClN4O4/c1-13-10-15(2-3-16(13)21)28-12-18(26)25-8-9-27-17(11-25)20-23-19(24-29-20)14-4-6-22-7-5-14/h2-7,10,17H,8-9,11-12H2,1H3/t17-/m0/s1. The van der Waals surface area contributed by atoms with E-state index in [-0.39, 0.29) is 12.5 Å². The van der Waals surface area contributed by atoms with Crippen molar-refractivity contribution >= 4 is 17.5 Å². The molecular formula is C20H19ClN4O4. The number of pyridine rings is 1. The van der Waals surface area contributed by atoms with Gasteiger partial charge in [-0.05, 0) is 42.8 Å². The maximum atomic E-state index is 12.6. The highest BCUT2D eigenvalue weighted by molar-refractivity contribution is 6.31. The molecule has 1 aromatic carbocycles. The number of aromatic nitrogens is 3. The number of carbonyl (C=O) groups is 1. The summed E-state index contributed by atoms with van der Waals surface area (Å²) in [4.78, 5) is 22.6. The number of rotatable bonds is 5. The molecule has 1 atom stereocenters. The Morgan fingerprint density at radius 1 is 1.31 bits per heavy atom. The van der Waals surface area contributed by atoms with Gasteiger partial charge < -0.3 is 18.9 Å². The van der Waals surface area contributed by atoms with Gasteiger partial charge >= 0.3 is 0 Å². The van der Waals surface area contributed by atoms with E-state index in [2.05, 4.69) is 15.1 Å². The van der Waals surface area contributed by atoms with Crippen LogP contribution in [0.1, 0.15) is 17.6 Å². The summed E-state index contributed by atoms with van der Waals surface area (Å²) in [6.07, 6.45) is 2.84. The van der Waals surface area contributed by atoms with Gasteiger partial charge in [-0.15, -0.1) is 0 Å². The minimum absolute atomic E-state index is 0.0696. The quantitative estimate of drug-likeness (QED) is 0.633. The largest absolute Gasteiger partial charge is 0.484 e. The van der Waals surface area contributed by atoms with Crippen molar-refractivity contribution < 1.29 is 18.8 Å². The zero-order valence-corrected chi connectivity index (χ0v) is 16.5. The SMILES string of the molecule is Cc1cc(OCC(=O)N2CCO[C@H](c3nc(-c4ccncc4)no3)C2)ccc1Cl. The third-order valence-corrected chi connectivity index (χ3v) is 4.99. The van der Waals surface area contributed by atoms with Crippen molar-refractivity contribution in [2.45, 2.75) is 13.0 Å². The van der Waals surface area contributed by atoms with Gasteiger partial charge in [0.15, 0.2) is 12.7 Å². The number of halogens is 1. The Labute approximate surface area is 172 Å². The lowest BCUT2D eigenvalue weighted by molar-refractivity contribution is -0.142. The first-order valence-corrected chi connectivity index (χ1v) is 9.50. The van der Waals surface area contributed by atoms with Crippen LogP contribution in [0, 0.1) is 6.92 Å². The van der Waals surface area contributed by atoms with E-state index in [4.69, 9.17) is 25.6 Å². The summed E-state index contributed by atoms with van der Waals surface area (Å²) in [7, 11) is 0. The molecule has 8 nitrogen and oxygen atoms in total. The topological polar surface area (TPSA) is 90.6 Å². The number of nitrogens with zero attached hydrogens (tertiary/aromatic N) is 4. The van der Waals surface area contributed by atoms with Gasteiger partial charge in [-0.3, -0.25) is 9.78 Å². The molecule has 3 heterocycles. The van der Waals surface area contributed by atoms with E-state index in [0.717, 1.165) is 11.1 Å². The second kappa shape index (κ2) is 8.59. The van der Waals surface area contributed by atoms with Crippen molar-refractivity contribution in [2.75, 3.05) is 26.3 Å². The third-order valence-electron chi connectivity index (χ3n) is 4.57. The molecule has 150 valence electrons. The van der Waals surface area contributed by atoms with Crippen LogP contribution in [0.5, 0.6) is 5.75 Å². The number of morpholine rings is 1. The molecule has 1 aliphatic heterocycles. The average molecular weight is 415 g/mol. The van der Waals surface area contributed by atoms with Crippen molar-refractivity contribution in [3.8, 4) is 17.1 Å². The van der Waals surface area contributed by atoms with Crippen molar-refractivity contribution in [1.82, 2.24) is 20.0 Å². The molecule has 29 heavy (non-hydrogen) atoms. The van der Waals surface area contributed by atoms with Crippen molar-refractivity contribution in [1.29, 1.82) is 0 Å². The van der Waals surface area contributed by atoms with Crippen LogP contribution in [-0.4, -0.2) is 52.2 Å². The zero-order valence-electron chi connectivity index (χ0n) is 15.7. The number of aryl methyl sites for hydroxylation is 1. The van der Waals surface area contributed by atoms with Crippen LogP contribution < -0.4 is 4.74 Å². The van der Waals surface area contributed by atoms with Gasteiger partial charge in [0.25, 0.3) is 11.8 Å². The highest BCUT2D eigenvalue weighted by Crippen LogP contribution is 2.24. The summed E-state index contributed by atoms with van der Waals surface area (Å²) in [5.74, 6) is 1.25. The summed E-state index contributed by atoms with van der Waals surface area (Å²) in [6.45, 7) is 2.99. The first-order valence-electron chi connectivity index (χ1n) is 9.12. The second-order valence-corrected chi connectivity index (χ2v) is 7.00. The third kappa shape index (κ3) is 4.55. The number of hydrogen-bond acceptors (Lipinski definition) is 7. The fourth-order valence-electron chi connectivity index (χ4n) is 2.95. The zero-order chi connectivity index (χ0) is 20.2. The van der Waals surface area contributed by atoms with Crippen LogP contribution in [0.25, 0.3) is 11.4 Å². The second-order valence-electron chi connectivity index (χ2n) is 6.59. The molecule has 0 N–H and O–H groups in total. The molecule has 0 bridgehead atoms. The Morgan fingerprint density at radius 3 is 2.93 bits per heavy atom. The predicted molar refractivity (Wildman–Crippen MR) is 104 cm³/mol. The monoisotopic (exact) mass is 414 g/mol. The van der Waals surface area contributed by atoms with Gasteiger partial charge in [0.05, 0.1) is 13.2 Å². The highest BCUT2D eigenvalue weighted by Gasteiger charge is 2.29. The van der Waals surface area contributed by atoms with Crippen LogP contribution >= 0.6 is 11.6 Å². The number of benzene rings is 1. The molecule has 3 aromatic rings. The summed E-state index contributed by atoms with van der Waals surface area (Å²) in [6, 6.07) is 8.88. The number of carbonyl (C=O) groups excluding carboxylic acids is 1. The van der Waals surface area contributed by atoms with Crippen LogP contribution in [0.3, 0.4) is 0 Å². The van der Waals surface area contributed by atoms with Gasteiger partial charge in [0, 0.05) is 29.5 Å². The fourth-order valence-corrected chi connectivity index (χ4v) is 3.07. The van der Waals surface area contributed by atoms with Gasteiger partial charge in [-0.1, -0.05) is 16.8 Å². The first kappa shape index (κ1) is 19.4. The van der Waals surface area contributed by atoms with Gasteiger partial charge in [0.2, 0.25) is 5.82 Å². The van der Waals surface area contributed by atoms with E-state index in [1.54, 1.807) is 47.6 Å². The van der Waals surface area contributed by atoms with Gasteiger partial charge in [-0.2, -0.15) is 4.98 Å². The highest BCUT2D eigenvalue weighted by atomic mass is 35.5. The first-order chi connectivity index (χ1) is 14.1. The van der Waals surface area contributed by atoms with Gasteiger partial charge in [-0.25, -0.2) is 0 Å². The normalized spacial score (nSPS) is 16.6. The molecule has 1 saturated heterocycles. The molecule has 0 spiro atoms. The van der Waals surface area contributed by atoms with Crippen molar-refractivity contribution in [2.24, 2.45) is 0 Å². The van der Waals surface area contributed by atoms with Crippen LogP contribution in [-0.2, 0) is 9.53 Å². The molecule has 0 unspecified atom stereocenters. The van der Waals surface area contributed by atoms with E-state index < -0.39 is 6.10 Å². The maximum Gasteiger partial charge on any atom is 0.260 e. The van der Waals surface area contributed by atoms with Crippen LogP contribution in [0.2, 0.25) is 5.02 Å². The molecule has 4 rings (SSSR count). The molecule has 2 aromatic heterocycles. The Bertz CT molecular complexity index is 995. The summed E-state index contributed by atoms with van der Waals surface area (Å²) in [5.41, 5.74) is 1.69. The van der Waals surface area contributed by atoms with Gasteiger partial charge in [0.1, 0.15) is 5.75 Å². The van der Waals surface area contributed by atoms with E-state index in [9.17, 15) is 4.79 Å². The minimum Gasteiger partial charge on any atom is -0.484 e. The Morgan fingerprint density at radius 2 is 2.14 bits per heavy atom. The molecular weight excluding hydrogens is 396 g/mol. The number of ether oxygens (including phenoxy) is 2. The molecule has 0 radical (unpaired) electrons. The van der Waals surface area contributed by atoms with Crippen molar-refractivity contribution in [3.63, 3.8) is 0 Å². The number of amides is 1. The Balaban J connectivity index is 1.37.